The molecular formula is C16H25ClN2O3S. The van der Waals surface area contributed by atoms with Gasteiger partial charge in [-0.2, -0.15) is 0 Å². The zero-order chi connectivity index (χ0) is 16.0. The summed E-state index contributed by atoms with van der Waals surface area (Å²) < 4.78 is 24.2. The summed E-state index contributed by atoms with van der Waals surface area (Å²) in [5.41, 5.74) is 6.94. The number of benzene rings is 1. The molecule has 1 aromatic carbocycles. The Morgan fingerprint density at radius 2 is 1.96 bits per heavy atom. The number of rotatable bonds is 6. The van der Waals surface area contributed by atoms with Gasteiger partial charge in [-0.05, 0) is 31.2 Å². The van der Waals surface area contributed by atoms with E-state index in [1.807, 2.05) is 30.3 Å². The lowest BCUT2D eigenvalue weighted by atomic mass is 10.1. The van der Waals surface area contributed by atoms with Crippen LogP contribution >= 0.6 is 12.4 Å². The first-order valence-corrected chi connectivity index (χ1v) is 9.56. The van der Waals surface area contributed by atoms with Gasteiger partial charge in [-0.25, -0.2) is 8.42 Å². The molecule has 1 fully saturated rings. The largest absolute Gasteiger partial charge is 0.340 e. The number of nitrogens with two attached hydrogens (primary N) is 1. The molecule has 1 unspecified atom stereocenters. The summed E-state index contributed by atoms with van der Waals surface area (Å²) in [4.78, 5) is 13.7. The molecule has 130 valence electrons. The van der Waals surface area contributed by atoms with Gasteiger partial charge in [0, 0.05) is 19.1 Å². The van der Waals surface area contributed by atoms with E-state index in [9.17, 15) is 13.2 Å². The Hall–Kier alpha value is -1.11. The van der Waals surface area contributed by atoms with Crippen LogP contribution in [0.3, 0.4) is 0 Å². The number of amides is 1. The molecular weight excluding hydrogens is 336 g/mol. The van der Waals surface area contributed by atoms with Crippen molar-refractivity contribution in [2.24, 2.45) is 5.73 Å². The van der Waals surface area contributed by atoms with Gasteiger partial charge in [0.25, 0.3) is 0 Å². The molecule has 1 aliphatic heterocycles. The van der Waals surface area contributed by atoms with E-state index in [0.717, 1.165) is 18.4 Å². The molecule has 0 saturated carbocycles. The number of nitrogens with zero attached hydrogens (tertiary/aromatic N) is 1. The summed E-state index contributed by atoms with van der Waals surface area (Å²) in [6.07, 6.45) is 3.00. The maximum atomic E-state index is 12.1. The van der Waals surface area contributed by atoms with Crippen molar-refractivity contribution >= 4 is 28.2 Å². The molecule has 2 N–H and O–H groups in total. The van der Waals surface area contributed by atoms with E-state index < -0.39 is 15.6 Å². The van der Waals surface area contributed by atoms with Crippen molar-refractivity contribution in [2.75, 3.05) is 24.6 Å². The van der Waals surface area contributed by atoms with Crippen LogP contribution in [-0.2, 0) is 21.1 Å². The molecule has 0 radical (unpaired) electrons. The van der Waals surface area contributed by atoms with Crippen molar-refractivity contribution in [1.82, 2.24) is 4.90 Å². The van der Waals surface area contributed by atoms with Gasteiger partial charge in [-0.15, -0.1) is 12.4 Å². The zero-order valence-corrected chi connectivity index (χ0v) is 14.8. The highest BCUT2D eigenvalue weighted by atomic mass is 35.5. The number of aryl methyl sites for hydroxylation is 1. The Bertz CT molecular complexity index is 593. The Morgan fingerprint density at radius 3 is 2.61 bits per heavy atom. The average molecular weight is 361 g/mol. The molecule has 1 heterocycles. The second-order valence-corrected chi connectivity index (χ2v) is 8.11. The third kappa shape index (κ3) is 6.89. The summed E-state index contributed by atoms with van der Waals surface area (Å²) in [5.74, 6) is -0.656. The molecule has 0 aromatic heterocycles. The Balaban J connectivity index is 0.00000264. The Morgan fingerprint density at radius 1 is 1.26 bits per heavy atom. The topological polar surface area (TPSA) is 80.5 Å². The van der Waals surface area contributed by atoms with Crippen LogP contribution < -0.4 is 5.73 Å². The summed E-state index contributed by atoms with van der Waals surface area (Å²) in [7, 11) is -3.35. The third-order valence-corrected chi connectivity index (χ3v) is 5.52. The molecule has 7 heteroatoms. The quantitative estimate of drug-likeness (QED) is 0.831. The van der Waals surface area contributed by atoms with Crippen LogP contribution in [-0.4, -0.2) is 49.9 Å². The maximum absolute atomic E-state index is 12.1. The lowest BCUT2D eigenvalue weighted by Gasteiger charge is -2.30. The monoisotopic (exact) mass is 360 g/mol. The van der Waals surface area contributed by atoms with E-state index in [2.05, 4.69) is 0 Å². The SMILES string of the molecule is Cl.NC1CCCN(C(=O)CS(=O)(=O)CCCc2ccccc2)C1. The fourth-order valence-electron chi connectivity index (χ4n) is 2.73. The molecule has 1 atom stereocenters. The van der Waals surface area contributed by atoms with Crippen molar-refractivity contribution in [3.63, 3.8) is 0 Å². The van der Waals surface area contributed by atoms with Gasteiger partial charge in [-0.1, -0.05) is 30.3 Å². The molecule has 1 amide bonds. The van der Waals surface area contributed by atoms with E-state index in [-0.39, 0.29) is 30.1 Å². The smallest absolute Gasteiger partial charge is 0.237 e. The highest BCUT2D eigenvalue weighted by molar-refractivity contribution is 7.92. The number of halogens is 1. The first-order valence-electron chi connectivity index (χ1n) is 7.74. The predicted molar refractivity (Wildman–Crippen MR) is 94.5 cm³/mol. The molecule has 2 rings (SSSR count). The van der Waals surface area contributed by atoms with Crippen molar-refractivity contribution in [3.8, 4) is 0 Å². The van der Waals surface area contributed by atoms with Crippen molar-refractivity contribution < 1.29 is 13.2 Å². The van der Waals surface area contributed by atoms with Gasteiger partial charge in [-0.3, -0.25) is 4.79 Å². The number of sulfone groups is 1. The molecule has 0 bridgehead atoms. The second-order valence-electron chi connectivity index (χ2n) is 5.92. The van der Waals surface area contributed by atoms with E-state index >= 15 is 0 Å². The van der Waals surface area contributed by atoms with E-state index in [0.29, 0.717) is 25.9 Å². The molecule has 0 spiro atoms. The van der Waals surface area contributed by atoms with Crippen molar-refractivity contribution in [3.05, 3.63) is 35.9 Å². The standard InChI is InChI=1S/C16H24N2O3S.ClH/c17-15-9-4-10-18(12-15)16(19)13-22(20,21)11-5-8-14-6-2-1-3-7-14;/h1-3,6-7,15H,4-5,8-13,17H2;1H. The van der Waals surface area contributed by atoms with Gasteiger partial charge in [0.05, 0.1) is 5.75 Å². The number of piperidine rings is 1. The van der Waals surface area contributed by atoms with E-state index in [4.69, 9.17) is 5.73 Å². The van der Waals surface area contributed by atoms with Crippen molar-refractivity contribution in [1.29, 1.82) is 0 Å². The van der Waals surface area contributed by atoms with Crippen LogP contribution in [0.2, 0.25) is 0 Å². The maximum Gasteiger partial charge on any atom is 0.237 e. The number of hydrogen-bond acceptors (Lipinski definition) is 4. The molecule has 5 nitrogen and oxygen atoms in total. The number of carbonyl (C=O) groups is 1. The highest BCUT2D eigenvalue weighted by Crippen LogP contribution is 2.10. The van der Waals surface area contributed by atoms with E-state index in [1.165, 1.54) is 0 Å². The highest BCUT2D eigenvalue weighted by Gasteiger charge is 2.25. The van der Waals surface area contributed by atoms with Gasteiger partial charge in [0.1, 0.15) is 5.75 Å². The van der Waals surface area contributed by atoms with E-state index in [1.54, 1.807) is 4.90 Å². The Kier molecular flexibility index (Phi) is 8.02. The second kappa shape index (κ2) is 9.25. The van der Waals surface area contributed by atoms with Crippen LogP contribution in [0.4, 0.5) is 0 Å². The minimum Gasteiger partial charge on any atom is -0.340 e. The minimum absolute atomic E-state index is 0. The third-order valence-electron chi connectivity index (χ3n) is 3.92. The van der Waals surface area contributed by atoms with Crippen molar-refractivity contribution in [2.45, 2.75) is 31.7 Å². The predicted octanol–water partition coefficient (Wildman–Crippen LogP) is 1.41. The molecule has 1 aromatic rings. The van der Waals surface area contributed by atoms with Crippen LogP contribution in [0.5, 0.6) is 0 Å². The number of likely N-dealkylation sites (tertiary alicyclic amines) is 1. The van der Waals surface area contributed by atoms with Gasteiger partial charge >= 0.3 is 0 Å². The van der Waals surface area contributed by atoms with Gasteiger partial charge in [0.2, 0.25) is 5.91 Å². The average Bonchev–Trinajstić information content (AvgIpc) is 2.47. The fourth-order valence-corrected chi connectivity index (χ4v) is 4.02. The van der Waals surface area contributed by atoms with Crippen LogP contribution in [0.25, 0.3) is 0 Å². The van der Waals surface area contributed by atoms with Crippen LogP contribution in [0.1, 0.15) is 24.8 Å². The first-order chi connectivity index (χ1) is 10.5. The summed E-state index contributed by atoms with van der Waals surface area (Å²) in [6, 6.07) is 9.74. The van der Waals surface area contributed by atoms with Gasteiger partial charge in [0.15, 0.2) is 9.84 Å². The van der Waals surface area contributed by atoms with Crippen LogP contribution in [0, 0.1) is 0 Å². The molecule has 1 saturated heterocycles. The number of carbonyl (C=O) groups excluding carboxylic acids is 1. The summed E-state index contributed by atoms with van der Waals surface area (Å²) >= 11 is 0. The molecule has 0 aliphatic carbocycles. The lowest BCUT2D eigenvalue weighted by molar-refractivity contribution is -0.129. The lowest BCUT2D eigenvalue weighted by Crippen LogP contribution is -2.47. The minimum atomic E-state index is -3.35. The normalized spacial score (nSPS) is 18.3. The summed E-state index contributed by atoms with van der Waals surface area (Å²) in [5, 5.41) is 0. The molecule has 23 heavy (non-hydrogen) atoms. The number of hydrogen-bond donors (Lipinski definition) is 1. The zero-order valence-electron chi connectivity index (χ0n) is 13.2. The summed E-state index contributed by atoms with van der Waals surface area (Å²) in [6.45, 7) is 1.09. The Labute approximate surface area is 144 Å². The fraction of sp³-hybridized carbons (Fsp3) is 0.562. The molecule has 1 aliphatic rings. The first kappa shape index (κ1) is 19.9. The van der Waals surface area contributed by atoms with Gasteiger partial charge < -0.3 is 10.6 Å². The van der Waals surface area contributed by atoms with Crippen LogP contribution in [0.15, 0.2) is 30.3 Å².